The predicted molar refractivity (Wildman–Crippen MR) is 86.1 cm³/mol. The predicted octanol–water partition coefficient (Wildman–Crippen LogP) is 1.71. The van der Waals surface area contributed by atoms with Crippen molar-refractivity contribution in [3.8, 4) is 5.75 Å². The highest BCUT2D eigenvalue weighted by Crippen LogP contribution is 2.11. The second kappa shape index (κ2) is 8.36. The van der Waals surface area contributed by atoms with Gasteiger partial charge in [0.25, 0.3) is 5.56 Å². The molecule has 0 aliphatic heterocycles. The molecule has 0 unspecified atom stereocenters. The Hall–Kier alpha value is -2.11. The van der Waals surface area contributed by atoms with Gasteiger partial charge in [0.05, 0.1) is 13.2 Å². The van der Waals surface area contributed by atoms with Gasteiger partial charge in [-0.05, 0) is 30.2 Å². The smallest absolute Gasteiger partial charge is 0.292 e. The van der Waals surface area contributed by atoms with Crippen LogP contribution in [0, 0.1) is 6.92 Å². The molecular weight excluding hydrogens is 280 g/mol. The van der Waals surface area contributed by atoms with Gasteiger partial charge in [0.15, 0.2) is 5.75 Å². The van der Waals surface area contributed by atoms with E-state index in [2.05, 4.69) is 0 Å². The molecule has 118 valence electrons. The van der Waals surface area contributed by atoms with Gasteiger partial charge in [-0.25, -0.2) is 0 Å². The minimum atomic E-state index is -0.146. The largest absolute Gasteiger partial charge is 0.483 e. The lowest BCUT2D eigenvalue weighted by molar-refractivity contribution is 0.132. The lowest BCUT2D eigenvalue weighted by Crippen LogP contribution is -2.24. The summed E-state index contributed by atoms with van der Waals surface area (Å²) in [6, 6.07) is 11.5. The zero-order chi connectivity index (χ0) is 15.8. The van der Waals surface area contributed by atoms with Crippen LogP contribution < -0.4 is 16.0 Å². The lowest BCUT2D eigenvalue weighted by atomic mass is 10.1. The topological polar surface area (TPSA) is 66.5 Å². The molecule has 0 fully saturated rings. The van der Waals surface area contributed by atoms with E-state index < -0.39 is 0 Å². The molecule has 22 heavy (non-hydrogen) atoms. The fraction of sp³-hybridized carbons (Fsp3) is 0.353. The first-order valence-corrected chi connectivity index (χ1v) is 7.37. The van der Waals surface area contributed by atoms with Crippen LogP contribution in [0.5, 0.6) is 5.75 Å². The van der Waals surface area contributed by atoms with E-state index >= 15 is 0 Å². The number of nitrogens with two attached hydrogens (primary N) is 1. The minimum absolute atomic E-state index is 0.146. The molecule has 0 atom stereocenters. The molecule has 2 N–H and O–H groups in total. The van der Waals surface area contributed by atoms with Crippen LogP contribution in [0.1, 0.15) is 11.1 Å². The number of hydrogen-bond donors (Lipinski definition) is 1. The molecule has 1 heterocycles. The summed E-state index contributed by atoms with van der Waals surface area (Å²) in [5.74, 6) is 0.351. The van der Waals surface area contributed by atoms with Gasteiger partial charge in [0, 0.05) is 19.3 Å². The number of aromatic nitrogens is 1. The first-order chi connectivity index (χ1) is 10.7. The number of rotatable bonds is 8. The van der Waals surface area contributed by atoms with Crippen molar-refractivity contribution in [2.24, 2.45) is 5.73 Å². The first-order valence-electron chi connectivity index (χ1n) is 7.37. The fourth-order valence-corrected chi connectivity index (χ4v) is 2.08. The van der Waals surface area contributed by atoms with Gasteiger partial charge in [-0.1, -0.05) is 24.3 Å². The van der Waals surface area contributed by atoms with E-state index in [1.54, 1.807) is 22.9 Å². The van der Waals surface area contributed by atoms with Crippen LogP contribution in [0.15, 0.2) is 47.4 Å². The lowest BCUT2D eigenvalue weighted by Gasteiger charge is -2.11. The molecule has 5 nitrogen and oxygen atoms in total. The maximum atomic E-state index is 12.3. The minimum Gasteiger partial charge on any atom is -0.483 e. The highest BCUT2D eigenvalue weighted by molar-refractivity contribution is 5.26. The highest BCUT2D eigenvalue weighted by Gasteiger charge is 2.05. The molecule has 2 aromatic rings. The van der Waals surface area contributed by atoms with Crippen molar-refractivity contribution >= 4 is 0 Å². The third kappa shape index (κ3) is 4.44. The van der Waals surface area contributed by atoms with Crippen molar-refractivity contribution < 1.29 is 9.47 Å². The molecule has 0 aliphatic carbocycles. The normalized spacial score (nSPS) is 10.6. The number of pyridine rings is 1. The second-order valence-electron chi connectivity index (χ2n) is 4.99. The van der Waals surface area contributed by atoms with E-state index in [0.29, 0.717) is 38.7 Å². The molecule has 5 heteroatoms. The Balaban J connectivity index is 2.00. The van der Waals surface area contributed by atoms with Gasteiger partial charge in [0.1, 0.15) is 6.61 Å². The zero-order valence-electron chi connectivity index (χ0n) is 12.8. The Morgan fingerprint density at radius 3 is 2.73 bits per heavy atom. The van der Waals surface area contributed by atoms with Crippen LogP contribution in [-0.4, -0.2) is 24.3 Å². The molecule has 1 aromatic heterocycles. The van der Waals surface area contributed by atoms with Crippen molar-refractivity contribution in [3.05, 3.63) is 64.1 Å². The second-order valence-corrected chi connectivity index (χ2v) is 4.99. The number of aryl methyl sites for hydroxylation is 1. The Morgan fingerprint density at radius 1 is 1.14 bits per heavy atom. The quantitative estimate of drug-likeness (QED) is 0.754. The summed E-state index contributed by atoms with van der Waals surface area (Å²) in [4.78, 5) is 12.3. The molecule has 2 rings (SSSR count). The van der Waals surface area contributed by atoms with E-state index in [1.807, 2.05) is 31.2 Å². The van der Waals surface area contributed by atoms with Gasteiger partial charge < -0.3 is 19.8 Å². The van der Waals surface area contributed by atoms with Gasteiger partial charge in [-0.3, -0.25) is 4.79 Å². The van der Waals surface area contributed by atoms with Crippen molar-refractivity contribution in [2.45, 2.75) is 20.1 Å². The SMILES string of the molecule is Cc1ccccc1COc1cccn(CCOCCN)c1=O. The van der Waals surface area contributed by atoms with E-state index in [9.17, 15) is 4.79 Å². The van der Waals surface area contributed by atoms with E-state index in [1.165, 1.54) is 0 Å². The van der Waals surface area contributed by atoms with Crippen molar-refractivity contribution in [3.63, 3.8) is 0 Å². The maximum Gasteiger partial charge on any atom is 0.292 e. The number of hydrogen-bond acceptors (Lipinski definition) is 4. The maximum absolute atomic E-state index is 12.3. The van der Waals surface area contributed by atoms with Crippen LogP contribution >= 0.6 is 0 Å². The van der Waals surface area contributed by atoms with Gasteiger partial charge in [0.2, 0.25) is 0 Å². The Morgan fingerprint density at radius 2 is 1.95 bits per heavy atom. The summed E-state index contributed by atoms with van der Waals surface area (Å²) < 4.78 is 12.6. The summed E-state index contributed by atoms with van der Waals surface area (Å²) in [5, 5.41) is 0. The van der Waals surface area contributed by atoms with Gasteiger partial charge in [-0.2, -0.15) is 0 Å². The van der Waals surface area contributed by atoms with Crippen molar-refractivity contribution in [1.29, 1.82) is 0 Å². The molecule has 0 bridgehead atoms. The van der Waals surface area contributed by atoms with Crippen LogP contribution in [0.25, 0.3) is 0 Å². The van der Waals surface area contributed by atoms with E-state index in [0.717, 1.165) is 11.1 Å². The highest BCUT2D eigenvalue weighted by atomic mass is 16.5. The molecule has 0 spiro atoms. The summed E-state index contributed by atoms with van der Waals surface area (Å²) in [6.07, 6.45) is 1.73. The Kier molecular flexibility index (Phi) is 6.18. The third-order valence-electron chi connectivity index (χ3n) is 3.37. The molecule has 0 radical (unpaired) electrons. The molecule has 1 aromatic carbocycles. The van der Waals surface area contributed by atoms with Crippen LogP contribution in [0.4, 0.5) is 0 Å². The standard InChI is InChI=1S/C17H22N2O3/c1-14-5-2-3-6-15(14)13-22-16-7-4-9-19(17(16)20)10-12-21-11-8-18/h2-7,9H,8,10-13,18H2,1H3. The summed E-state index contributed by atoms with van der Waals surface area (Å²) in [7, 11) is 0. The molecule has 0 saturated heterocycles. The average molecular weight is 302 g/mol. The van der Waals surface area contributed by atoms with E-state index in [-0.39, 0.29) is 5.56 Å². The van der Waals surface area contributed by atoms with Crippen molar-refractivity contribution in [2.75, 3.05) is 19.8 Å². The molecule has 0 amide bonds. The Labute approximate surface area is 130 Å². The zero-order valence-corrected chi connectivity index (χ0v) is 12.8. The number of nitrogens with zero attached hydrogens (tertiary/aromatic N) is 1. The summed E-state index contributed by atoms with van der Waals surface area (Å²) in [5.41, 5.74) is 7.43. The number of ether oxygens (including phenoxy) is 2. The van der Waals surface area contributed by atoms with Crippen LogP contribution in [0.2, 0.25) is 0 Å². The fourth-order valence-electron chi connectivity index (χ4n) is 2.08. The van der Waals surface area contributed by atoms with Crippen LogP contribution in [-0.2, 0) is 17.9 Å². The Bertz CT molecular complexity index is 652. The van der Waals surface area contributed by atoms with Crippen molar-refractivity contribution in [1.82, 2.24) is 4.57 Å². The summed E-state index contributed by atoms with van der Waals surface area (Å²) in [6.45, 7) is 4.33. The molecule has 0 aliphatic rings. The monoisotopic (exact) mass is 302 g/mol. The van der Waals surface area contributed by atoms with Crippen LogP contribution in [0.3, 0.4) is 0 Å². The average Bonchev–Trinajstić information content (AvgIpc) is 2.53. The van der Waals surface area contributed by atoms with Gasteiger partial charge in [-0.15, -0.1) is 0 Å². The van der Waals surface area contributed by atoms with E-state index in [4.69, 9.17) is 15.2 Å². The molecule has 0 saturated carbocycles. The summed E-state index contributed by atoms with van der Waals surface area (Å²) >= 11 is 0. The third-order valence-corrected chi connectivity index (χ3v) is 3.37. The molecular formula is C17H22N2O3. The van der Waals surface area contributed by atoms with Gasteiger partial charge >= 0.3 is 0 Å². The number of benzene rings is 1. The first kappa shape index (κ1) is 16.3.